The molecule has 1 aliphatic heterocycles. The molecule has 164 valence electrons. The fourth-order valence-corrected chi connectivity index (χ4v) is 4.40. The molecule has 1 aromatic carbocycles. The van der Waals surface area contributed by atoms with Crippen LogP contribution in [0.25, 0.3) is 33.4 Å². The number of benzene rings is 1. The maximum atomic E-state index is 12.6. The Hall–Kier alpha value is -3.45. The van der Waals surface area contributed by atoms with Crippen molar-refractivity contribution in [3.63, 3.8) is 0 Å². The summed E-state index contributed by atoms with van der Waals surface area (Å²) in [6.45, 7) is 2.49. The topological polar surface area (TPSA) is 76.0 Å². The normalized spacial score (nSPS) is 13.1. The van der Waals surface area contributed by atoms with Crippen molar-refractivity contribution in [3.8, 4) is 28.3 Å². The van der Waals surface area contributed by atoms with Gasteiger partial charge in [0.25, 0.3) is 0 Å². The van der Waals surface area contributed by atoms with E-state index in [0.717, 1.165) is 71.5 Å². The number of H-pyrrole nitrogens is 1. The summed E-state index contributed by atoms with van der Waals surface area (Å²) in [6.07, 6.45) is 4.72. The van der Waals surface area contributed by atoms with Crippen molar-refractivity contribution < 1.29 is 4.74 Å². The summed E-state index contributed by atoms with van der Waals surface area (Å²) in [6, 6.07) is 13.4. The monoisotopic (exact) mass is 429 g/mol. The summed E-state index contributed by atoms with van der Waals surface area (Å²) in [5, 5.41) is 5.85. The fraction of sp³-hybridized carbons (Fsp3) is 0.320. The smallest absolute Gasteiger partial charge is 0.249 e. The minimum absolute atomic E-state index is 0.137. The molecular formula is C25H27N5O2. The molecule has 4 heterocycles. The van der Waals surface area contributed by atoms with E-state index in [0.29, 0.717) is 6.61 Å². The number of hydrogen-bond donors (Lipinski definition) is 1. The molecule has 0 radical (unpaired) electrons. The van der Waals surface area contributed by atoms with Gasteiger partial charge in [0.05, 0.1) is 17.8 Å². The Kier molecular flexibility index (Phi) is 5.49. The lowest BCUT2D eigenvalue weighted by Gasteiger charge is -2.12. The number of aromatic nitrogens is 4. The lowest BCUT2D eigenvalue weighted by molar-refractivity contribution is 0.282. The standard InChI is InChI=1S/C25H27N5O2/c1-29(2)12-6-14-32-17-9-10-18-19(16-23(31)27-21(18)15-17)24-22-8-5-13-30(22)28-25(24)20-7-3-4-11-26-20/h3-4,7,9-11,15-16H,5-6,8,12-14H2,1-2H3,(H,27,31). The van der Waals surface area contributed by atoms with E-state index in [4.69, 9.17) is 9.84 Å². The first-order chi connectivity index (χ1) is 15.6. The minimum atomic E-state index is -0.137. The first kappa shape index (κ1) is 20.5. The van der Waals surface area contributed by atoms with Crippen LogP contribution in [0.2, 0.25) is 0 Å². The van der Waals surface area contributed by atoms with Gasteiger partial charge in [0, 0.05) is 53.6 Å². The molecule has 0 unspecified atom stereocenters. The Morgan fingerprint density at radius 3 is 2.91 bits per heavy atom. The Morgan fingerprint density at radius 2 is 2.09 bits per heavy atom. The summed E-state index contributed by atoms with van der Waals surface area (Å²) in [5.74, 6) is 0.759. The molecule has 3 aromatic heterocycles. The van der Waals surface area contributed by atoms with Crippen LogP contribution < -0.4 is 10.3 Å². The zero-order chi connectivity index (χ0) is 22.1. The summed E-state index contributed by atoms with van der Waals surface area (Å²) in [7, 11) is 4.10. The van der Waals surface area contributed by atoms with E-state index in [2.05, 4.69) is 33.6 Å². The molecule has 0 spiro atoms. The van der Waals surface area contributed by atoms with E-state index in [1.807, 2.05) is 36.4 Å². The summed E-state index contributed by atoms with van der Waals surface area (Å²) < 4.78 is 7.99. The maximum absolute atomic E-state index is 12.6. The number of aryl methyl sites for hydroxylation is 1. The van der Waals surface area contributed by atoms with E-state index in [1.165, 1.54) is 5.69 Å². The molecule has 0 bridgehead atoms. The lowest BCUT2D eigenvalue weighted by atomic mass is 9.96. The number of nitrogens with zero attached hydrogens (tertiary/aromatic N) is 4. The third kappa shape index (κ3) is 3.91. The molecule has 0 aliphatic carbocycles. The second kappa shape index (κ2) is 8.59. The largest absolute Gasteiger partial charge is 0.493 e. The second-order valence-electron chi connectivity index (χ2n) is 8.47. The Bertz CT molecular complexity index is 1310. The average Bonchev–Trinajstić information content (AvgIpc) is 3.38. The van der Waals surface area contributed by atoms with Crippen LogP contribution >= 0.6 is 0 Å². The van der Waals surface area contributed by atoms with E-state index < -0.39 is 0 Å². The van der Waals surface area contributed by atoms with Crippen LogP contribution in [0.4, 0.5) is 0 Å². The van der Waals surface area contributed by atoms with Gasteiger partial charge >= 0.3 is 0 Å². The molecule has 4 aromatic rings. The van der Waals surface area contributed by atoms with Gasteiger partial charge in [0.2, 0.25) is 5.56 Å². The quantitative estimate of drug-likeness (QED) is 0.453. The van der Waals surface area contributed by atoms with Crippen molar-refractivity contribution in [1.82, 2.24) is 24.6 Å². The molecule has 7 heteroatoms. The summed E-state index contributed by atoms with van der Waals surface area (Å²) in [5.41, 5.74) is 5.35. The summed E-state index contributed by atoms with van der Waals surface area (Å²) in [4.78, 5) is 22.3. The highest BCUT2D eigenvalue weighted by Gasteiger charge is 2.25. The van der Waals surface area contributed by atoms with Gasteiger partial charge in [-0.1, -0.05) is 6.07 Å². The molecule has 1 aliphatic rings. The van der Waals surface area contributed by atoms with Crippen molar-refractivity contribution in [3.05, 3.63) is 64.7 Å². The zero-order valence-electron chi connectivity index (χ0n) is 18.5. The Balaban J connectivity index is 1.59. The van der Waals surface area contributed by atoms with Gasteiger partial charge in [-0.05, 0) is 57.6 Å². The molecule has 0 saturated carbocycles. The van der Waals surface area contributed by atoms with Crippen molar-refractivity contribution in [2.45, 2.75) is 25.8 Å². The molecule has 5 rings (SSSR count). The van der Waals surface area contributed by atoms with E-state index in [1.54, 1.807) is 12.3 Å². The van der Waals surface area contributed by atoms with Gasteiger partial charge in [-0.25, -0.2) is 0 Å². The highest BCUT2D eigenvalue weighted by atomic mass is 16.5. The van der Waals surface area contributed by atoms with E-state index in [-0.39, 0.29) is 5.56 Å². The van der Waals surface area contributed by atoms with Gasteiger partial charge in [-0.3, -0.25) is 14.5 Å². The number of hydrogen-bond acceptors (Lipinski definition) is 5. The predicted molar refractivity (Wildman–Crippen MR) is 126 cm³/mol. The van der Waals surface area contributed by atoms with Gasteiger partial charge in [0.1, 0.15) is 11.4 Å². The van der Waals surface area contributed by atoms with Crippen molar-refractivity contribution >= 4 is 10.9 Å². The van der Waals surface area contributed by atoms with Crippen molar-refractivity contribution in [1.29, 1.82) is 0 Å². The number of nitrogens with one attached hydrogen (secondary N) is 1. The first-order valence-corrected chi connectivity index (χ1v) is 11.1. The number of aromatic amines is 1. The number of fused-ring (bicyclic) bond motifs is 2. The number of rotatable bonds is 7. The molecule has 0 saturated heterocycles. The van der Waals surface area contributed by atoms with Gasteiger partial charge in [-0.15, -0.1) is 0 Å². The van der Waals surface area contributed by atoms with Crippen LogP contribution in [0.1, 0.15) is 18.5 Å². The maximum Gasteiger partial charge on any atom is 0.249 e. The van der Waals surface area contributed by atoms with E-state index >= 15 is 0 Å². The highest BCUT2D eigenvalue weighted by Crippen LogP contribution is 2.39. The van der Waals surface area contributed by atoms with Gasteiger partial charge < -0.3 is 14.6 Å². The fourth-order valence-electron chi connectivity index (χ4n) is 4.40. The second-order valence-corrected chi connectivity index (χ2v) is 8.47. The van der Waals surface area contributed by atoms with Crippen LogP contribution in [0.3, 0.4) is 0 Å². The molecular weight excluding hydrogens is 402 g/mol. The average molecular weight is 430 g/mol. The van der Waals surface area contributed by atoms with E-state index in [9.17, 15) is 4.79 Å². The minimum Gasteiger partial charge on any atom is -0.493 e. The van der Waals surface area contributed by atoms with Crippen LogP contribution in [0, 0.1) is 0 Å². The number of ether oxygens (including phenoxy) is 1. The molecule has 7 nitrogen and oxygen atoms in total. The number of pyridine rings is 2. The lowest BCUT2D eigenvalue weighted by Crippen LogP contribution is -2.15. The third-order valence-corrected chi connectivity index (χ3v) is 5.85. The third-order valence-electron chi connectivity index (χ3n) is 5.85. The SMILES string of the molecule is CN(C)CCCOc1ccc2c(-c3c(-c4ccccn4)nn4c3CCC4)cc(=O)[nH]c2c1. The van der Waals surface area contributed by atoms with Gasteiger partial charge in [-0.2, -0.15) is 5.10 Å². The van der Waals surface area contributed by atoms with Crippen LogP contribution in [0.15, 0.2) is 53.5 Å². The highest BCUT2D eigenvalue weighted by molar-refractivity contribution is 5.99. The molecule has 0 amide bonds. The molecule has 0 atom stereocenters. The Labute approximate surface area is 186 Å². The van der Waals surface area contributed by atoms with Gasteiger partial charge in [0.15, 0.2) is 0 Å². The molecule has 32 heavy (non-hydrogen) atoms. The Morgan fingerprint density at radius 1 is 1.19 bits per heavy atom. The first-order valence-electron chi connectivity index (χ1n) is 11.1. The zero-order valence-corrected chi connectivity index (χ0v) is 18.5. The summed E-state index contributed by atoms with van der Waals surface area (Å²) >= 11 is 0. The van der Waals surface area contributed by atoms with Crippen LogP contribution in [-0.2, 0) is 13.0 Å². The molecule has 1 N–H and O–H groups in total. The van der Waals surface area contributed by atoms with Crippen LogP contribution in [0.5, 0.6) is 5.75 Å². The molecule has 0 fully saturated rings. The predicted octanol–water partition coefficient (Wildman–Crippen LogP) is 3.73. The van der Waals surface area contributed by atoms with Crippen LogP contribution in [-0.4, -0.2) is 51.9 Å². The van der Waals surface area contributed by atoms with Crippen molar-refractivity contribution in [2.75, 3.05) is 27.2 Å². The van der Waals surface area contributed by atoms with Crippen molar-refractivity contribution in [2.24, 2.45) is 0 Å².